The molecule has 0 spiro atoms. The van der Waals surface area contributed by atoms with Gasteiger partial charge >= 0.3 is 18.0 Å². The van der Waals surface area contributed by atoms with Crippen molar-refractivity contribution >= 4 is 0 Å². The van der Waals surface area contributed by atoms with E-state index in [1.165, 1.54) is 0 Å². The Morgan fingerprint density at radius 3 is 1.06 bits per heavy atom. The van der Waals surface area contributed by atoms with E-state index in [1.54, 1.807) is 0 Å². The molecular formula is C8H7F9O. The molecule has 1 N–H and O–H groups in total. The summed E-state index contributed by atoms with van der Waals surface area (Å²) >= 11 is 0. The van der Waals surface area contributed by atoms with Crippen LogP contribution < -0.4 is 0 Å². The largest absolute Gasteiger partial charge is 0.429 e. The summed E-state index contributed by atoms with van der Waals surface area (Å²) in [6, 6.07) is 0. The van der Waals surface area contributed by atoms with Gasteiger partial charge in [0.15, 0.2) is 0 Å². The van der Waals surface area contributed by atoms with E-state index in [2.05, 4.69) is 0 Å². The highest BCUT2D eigenvalue weighted by atomic mass is 19.4. The normalized spacial score (nSPS) is 47.3. The van der Waals surface area contributed by atoms with Gasteiger partial charge in [0.2, 0.25) is 11.3 Å². The summed E-state index contributed by atoms with van der Waals surface area (Å²) in [5.41, 5.74) is -15.9. The minimum Gasteiger partial charge on any atom is -0.371 e. The van der Waals surface area contributed by atoms with Crippen molar-refractivity contribution in [3.63, 3.8) is 0 Å². The molecule has 1 fully saturated rings. The fourth-order valence-corrected chi connectivity index (χ4v) is 1.82. The van der Waals surface area contributed by atoms with Gasteiger partial charge in [0.1, 0.15) is 0 Å². The topological polar surface area (TPSA) is 20.2 Å². The number of rotatable bonds is 0. The summed E-state index contributed by atoms with van der Waals surface area (Å²) in [5, 5.41) is 8.65. The lowest BCUT2D eigenvalue weighted by Gasteiger charge is -2.36. The molecule has 18 heavy (non-hydrogen) atoms. The van der Waals surface area contributed by atoms with Crippen molar-refractivity contribution in [1.29, 1.82) is 0 Å². The number of alkyl halides is 9. The van der Waals surface area contributed by atoms with E-state index in [-0.39, 0.29) is 0 Å². The van der Waals surface area contributed by atoms with E-state index in [1.807, 2.05) is 0 Å². The first-order chi connectivity index (χ1) is 7.50. The second kappa shape index (κ2) is 3.07. The molecule has 108 valence electrons. The SMILES string of the molecule is CC1(F)C(C)(F)C(F)(F)C(O)(C(F)(F)F)C1(F)F. The molecule has 0 saturated heterocycles. The highest BCUT2D eigenvalue weighted by Gasteiger charge is 2.99. The van der Waals surface area contributed by atoms with Crippen LogP contribution in [0.4, 0.5) is 39.5 Å². The molecular weight excluding hydrogens is 283 g/mol. The van der Waals surface area contributed by atoms with Gasteiger partial charge in [0.25, 0.3) is 5.60 Å². The van der Waals surface area contributed by atoms with Crippen molar-refractivity contribution in [2.24, 2.45) is 0 Å². The first-order valence-electron chi connectivity index (χ1n) is 4.42. The van der Waals surface area contributed by atoms with Gasteiger partial charge in [-0.05, 0) is 13.8 Å². The minimum absolute atomic E-state index is 0.454. The highest BCUT2D eigenvalue weighted by molar-refractivity contribution is 5.32. The predicted octanol–water partition coefficient (Wildman–Crippen LogP) is 3.02. The third-order valence-electron chi connectivity index (χ3n) is 3.38. The predicted molar refractivity (Wildman–Crippen MR) is 39.9 cm³/mol. The summed E-state index contributed by atoms with van der Waals surface area (Å²) in [6.45, 7) is -0.908. The van der Waals surface area contributed by atoms with E-state index < -0.39 is 48.8 Å². The molecule has 0 aromatic carbocycles. The molecule has 1 rings (SSSR count). The quantitative estimate of drug-likeness (QED) is 0.680. The van der Waals surface area contributed by atoms with E-state index in [0.29, 0.717) is 0 Å². The number of hydrogen-bond acceptors (Lipinski definition) is 1. The Hall–Kier alpha value is -0.670. The van der Waals surface area contributed by atoms with E-state index in [4.69, 9.17) is 5.11 Å². The number of halogens is 9. The first-order valence-corrected chi connectivity index (χ1v) is 4.42. The Balaban J connectivity index is 3.75. The zero-order valence-corrected chi connectivity index (χ0v) is 8.85. The lowest BCUT2D eigenvalue weighted by molar-refractivity contribution is -0.382. The van der Waals surface area contributed by atoms with Gasteiger partial charge in [0, 0.05) is 0 Å². The van der Waals surface area contributed by atoms with Crippen molar-refractivity contribution < 1.29 is 44.6 Å². The molecule has 0 aromatic heterocycles. The minimum atomic E-state index is -6.63. The summed E-state index contributed by atoms with van der Waals surface area (Å²) in [6.07, 6.45) is -6.63. The van der Waals surface area contributed by atoms with Crippen LogP contribution in [0, 0.1) is 0 Å². The molecule has 10 heteroatoms. The molecule has 1 aliphatic rings. The molecule has 0 amide bonds. The van der Waals surface area contributed by atoms with Crippen LogP contribution in [0.25, 0.3) is 0 Å². The van der Waals surface area contributed by atoms with Gasteiger partial charge in [0.05, 0.1) is 0 Å². The van der Waals surface area contributed by atoms with Crippen LogP contribution in [0.15, 0.2) is 0 Å². The van der Waals surface area contributed by atoms with Crippen molar-refractivity contribution in [2.75, 3.05) is 0 Å². The maximum absolute atomic E-state index is 13.4. The van der Waals surface area contributed by atoms with Crippen molar-refractivity contribution in [2.45, 2.75) is 48.8 Å². The Morgan fingerprint density at radius 1 is 0.722 bits per heavy atom. The van der Waals surface area contributed by atoms with Crippen LogP contribution in [-0.4, -0.2) is 40.1 Å². The molecule has 2 atom stereocenters. The maximum Gasteiger partial charge on any atom is 0.429 e. The van der Waals surface area contributed by atoms with Gasteiger partial charge in [-0.1, -0.05) is 0 Å². The first kappa shape index (κ1) is 15.4. The Kier molecular flexibility index (Phi) is 2.63. The van der Waals surface area contributed by atoms with E-state index >= 15 is 0 Å². The summed E-state index contributed by atoms with van der Waals surface area (Å²) in [4.78, 5) is 0. The highest BCUT2D eigenvalue weighted by Crippen LogP contribution is 2.69. The number of aliphatic hydroxyl groups is 1. The fraction of sp³-hybridized carbons (Fsp3) is 1.00. The Morgan fingerprint density at radius 2 is 0.944 bits per heavy atom. The summed E-state index contributed by atoms with van der Waals surface area (Å²) in [7, 11) is 0. The lowest BCUT2D eigenvalue weighted by atomic mass is 9.90. The van der Waals surface area contributed by atoms with Crippen molar-refractivity contribution in [3.05, 3.63) is 0 Å². The monoisotopic (exact) mass is 290 g/mol. The average molecular weight is 290 g/mol. The molecule has 1 saturated carbocycles. The zero-order valence-electron chi connectivity index (χ0n) is 8.85. The second-order valence-corrected chi connectivity index (χ2v) is 4.36. The molecule has 0 bridgehead atoms. The molecule has 0 radical (unpaired) electrons. The maximum atomic E-state index is 13.4. The third-order valence-corrected chi connectivity index (χ3v) is 3.38. The van der Waals surface area contributed by atoms with Crippen molar-refractivity contribution in [1.82, 2.24) is 0 Å². The van der Waals surface area contributed by atoms with Gasteiger partial charge in [-0.25, -0.2) is 8.78 Å². The second-order valence-electron chi connectivity index (χ2n) is 4.36. The van der Waals surface area contributed by atoms with E-state index in [0.717, 1.165) is 0 Å². The van der Waals surface area contributed by atoms with Crippen LogP contribution in [0.5, 0.6) is 0 Å². The van der Waals surface area contributed by atoms with Gasteiger partial charge in [-0.15, -0.1) is 0 Å². The third kappa shape index (κ3) is 1.11. The molecule has 1 aliphatic carbocycles. The molecule has 1 nitrogen and oxygen atoms in total. The zero-order chi connectivity index (χ0) is 15.0. The number of hydrogen-bond donors (Lipinski definition) is 1. The smallest absolute Gasteiger partial charge is 0.371 e. The van der Waals surface area contributed by atoms with Crippen LogP contribution in [0.3, 0.4) is 0 Å². The standard InChI is InChI=1S/C8H7F9O/c1-3(9)4(2,10)7(13,14)5(18,6(3,11)12)8(15,16)17/h18H,1-2H3. The van der Waals surface area contributed by atoms with Crippen molar-refractivity contribution in [3.8, 4) is 0 Å². The lowest BCUT2D eigenvalue weighted by Crippen LogP contribution is -2.67. The molecule has 0 aromatic rings. The van der Waals surface area contributed by atoms with Gasteiger partial charge in [-0.2, -0.15) is 30.7 Å². The molecule has 0 heterocycles. The van der Waals surface area contributed by atoms with Gasteiger partial charge in [-0.3, -0.25) is 0 Å². The van der Waals surface area contributed by atoms with Gasteiger partial charge < -0.3 is 5.11 Å². The van der Waals surface area contributed by atoms with E-state index in [9.17, 15) is 39.5 Å². The van der Waals surface area contributed by atoms with Crippen LogP contribution in [0.2, 0.25) is 0 Å². The Bertz CT molecular complexity index is 341. The average Bonchev–Trinajstić information content (AvgIpc) is 2.16. The Labute approximate surface area is 94.6 Å². The van der Waals surface area contributed by atoms with Crippen LogP contribution in [-0.2, 0) is 0 Å². The summed E-state index contributed by atoms with van der Waals surface area (Å²) < 4.78 is 116. The molecule has 2 unspecified atom stereocenters. The van der Waals surface area contributed by atoms with Crippen LogP contribution >= 0.6 is 0 Å². The fourth-order valence-electron chi connectivity index (χ4n) is 1.82. The van der Waals surface area contributed by atoms with Crippen LogP contribution in [0.1, 0.15) is 13.8 Å². The summed E-state index contributed by atoms with van der Waals surface area (Å²) in [5.74, 6) is -12.1. The molecule has 0 aliphatic heterocycles.